The number of hydrogen-bond acceptors (Lipinski definition) is 6. The van der Waals surface area contributed by atoms with Crippen LogP contribution in [0.5, 0.6) is 0 Å². The molecule has 2 aromatic rings. The van der Waals surface area contributed by atoms with Crippen LogP contribution >= 0.6 is 11.6 Å². The minimum Gasteiger partial charge on any atom is -0.467 e. The Hall–Kier alpha value is -2.64. The average Bonchev–Trinajstić information content (AvgIpc) is 3.45. The number of carbonyl (C=O) groups excluding carboxylic acids is 2. The van der Waals surface area contributed by atoms with Gasteiger partial charge in [0.2, 0.25) is 0 Å². The summed E-state index contributed by atoms with van der Waals surface area (Å²) < 4.78 is 10.7. The van der Waals surface area contributed by atoms with E-state index in [-0.39, 0.29) is 30.4 Å². The van der Waals surface area contributed by atoms with Gasteiger partial charge in [-0.1, -0.05) is 23.7 Å². The summed E-state index contributed by atoms with van der Waals surface area (Å²) in [5.41, 5.74) is 1.76. The van der Waals surface area contributed by atoms with Crippen molar-refractivity contribution in [1.29, 1.82) is 0 Å². The van der Waals surface area contributed by atoms with Gasteiger partial charge in [0, 0.05) is 11.4 Å². The smallest absolute Gasteiger partial charge is 0.309 e. The molecule has 0 radical (unpaired) electrons. The summed E-state index contributed by atoms with van der Waals surface area (Å²) >= 11 is 6.01. The summed E-state index contributed by atoms with van der Waals surface area (Å²) in [6.45, 7) is 3.83. The van der Waals surface area contributed by atoms with Crippen molar-refractivity contribution in [2.75, 3.05) is 26.2 Å². The van der Waals surface area contributed by atoms with Gasteiger partial charge in [-0.05, 0) is 62.7 Å². The van der Waals surface area contributed by atoms with Gasteiger partial charge in [-0.25, -0.2) is 5.01 Å². The van der Waals surface area contributed by atoms with Crippen LogP contribution in [0.25, 0.3) is 0 Å². The Balaban J connectivity index is 1.44. The van der Waals surface area contributed by atoms with Gasteiger partial charge in [0.25, 0.3) is 5.91 Å². The Morgan fingerprint density at radius 3 is 2.58 bits per heavy atom. The molecular formula is C23H26ClN3O4. The van der Waals surface area contributed by atoms with E-state index in [1.54, 1.807) is 11.3 Å². The van der Waals surface area contributed by atoms with Crippen molar-refractivity contribution in [2.24, 2.45) is 11.0 Å². The fourth-order valence-electron chi connectivity index (χ4n) is 4.11. The van der Waals surface area contributed by atoms with Gasteiger partial charge in [0.05, 0.1) is 31.0 Å². The molecule has 1 aromatic carbocycles. The molecule has 0 unspecified atom stereocenters. The number of halogens is 1. The van der Waals surface area contributed by atoms with Crippen molar-refractivity contribution in [2.45, 2.75) is 32.2 Å². The predicted octanol–water partition coefficient (Wildman–Crippen LogP) is 3.89. The first-order chi connectivity index (χ1) is 15.0. The normalized spacial score (nSPS) is 20.0. The van der Waals surface area contributed by atoms with Crippen LogP contribution in [-0.2, 0) is 14.3 Å². The molecule has 2 aliphatic heterocycles. The molecule has 1 atom stereocenters. The van der Waals surface area contributed by atoms with Crippen molar-refractivity contribution >= 4 is 29.2 Å². The minimum atomic E-state index is -0.273. The van der Waals surface area contributed by atoms with Crippen molar-refractivity contribution < 1.29 is 18.7 Å². The highest BCUT2D eigenvalue weighted by Gasteiger charge is 2.36. The van der Waals surface area contributed by atoms with Gasteiger partial charge in [0.1, 0.15) is 11.8 Å². The third-order valence-corrected chi connectivity index (χ3v) is 6.03. The maximum absolute atomic E-state index is 13.2. The fraction of sp³-hybridized carbons (Fsp3) is 0.435. The molecule has 1 saturated heterocycles. The van der Waals surface area contributed by atoms with Crippen molar-refractivity contribution in [1.82, 2.24) is 9.91 Å². The number of carbonyl (C=O) groups is 2. The SMILES string of the molecule is CCOC(=O)C1CCN(CC(=O)N2N=C(c3ccc(Cl)cc3)C[C@@H]2c2ccco2)CC1. The van der Waals surface area contributed by atoms with Gasteiger partial charge in [-0.15, -0.1) is 0 Å². The van der Waals surface area contributed by atoms with Gasteiger partial charge in [-0.3, -0.25) is 14.5 Å². The number of hydrogen-bond donors (Lipinski definition) is 0. The highest BCUT2D eigenvalue weighted by Crippen LogP contribution is 2.33. The summed E-state index contributed by atoms with van der Waals surface area (Å²) in [7, 11) is 0. The quantitative estimate of drug-likeness (QED) is 0.633. The van der Waals surface area contributed by atoms with E-state index in [0.29, 0.717) is 49.7 Å². The molecule has 31 heavy (non-hydrogen) atoms. The first kappa shape index (κ1) is 21.6. The lowest BCUT2D eigenvalue weighted by Crippen LogP contribution is -2.43. The summed E-state index contributed by atoms with van der Waals surface area (Å²) in [6, 6.07) is 10.9. The molecule has 0 N–H and O–H groups in total. The second-order valence-electron chi connectivity index (χ2n) is 7.83. The lowest BCUT2D eigenvalue weighted by Gasteiger charge is -2.31. The molecular weight excluding hydrogens is 418 g/mol. The van der Waals surface area contributed by atoms with Gasteiger partial charge >= 0.3 is 5.97 Å². The zero-order valence-corrected chi connectivity index (χ0v) is 18.3. The zero-order chi connectivity index (χ0) is 21.8. The highest BCUT2D eigenvalue weighted by molar-refractivity contribution is 6.30. The van der Waals surface area contributed by atoms with Gasteiger partial charge in [0.15, 0.2) is 0 Å². The molecule has 0 aliphatic carbocycles. The first-order valence-corrected chi connectivity index (χ1v) is 11.0. The third kappa shape index (κ3) is 4.99. The zero-order valence-electron chi connectivity index (χ0n) is 17.5. The van der Waals surface area contributed by atoms with E-state index in [1.165, 1.54) is 0 Å². The molecule has 2 aliphatic rings. The molecule has 3 heterocycles. The number of hydrazone groups is 1. The standard InChI is InChI=1S/C23H26ClN3O4/c1-2-30-23(29)17-9-11-26(12-10-17)15-22(28)27-20(21-4-3-13-31-21)14-19(25-27)16-5-7-18(24)8-6-16/h3-8,13,17,20H,2,9-12,14-15H2,1H3/t20-/m1/s1. The molecule has 4 rings (SSSR count). The molecule has 1 aromatic heterocycles. The first-order valence-electron chi connectivity index (χ1n) is 10.6. The lowest BCUT2D eigenvalue weighted by molar-refractivity contribution is -0.149. The Bertz CT molecular complexity index is 934. The van der Waals surface area contributed by atoms with Crippen LogP contribution in [-0.4, -0.2) is 53.7 Å². The molecule has 8 heteroatoms. The number of rotatable bonds is 6. The average molecular weight is 444 g/mol. The number of piperidine rings is 1. The second kappa shape index (κ2) is 9.66. The third-order valence-electron chi connectivity index (χ3n) is 5.78. The largest absolute Gasteiger partial charge is 0.467 e. The van der Waals surface area contributed by atoms with Crippen molar-refractivity contribution in [3.8, 4) is 0 Å². The molecule has 164 valence electrons. The van der Waals surface area contributed by atoms with Crippen LogP contribution in [0.4, 0.5) is 0 Å². The van der Waals surface area contributed by atoms with E-state index in [1.807, 2.05) is 43.3 Å². The summed E-state index contributed by atoms with van der Waals surface area (Å²) in [6.07, 6.45) is 3.59. The number of nitrogens with zero attached hydrogens (tertiary/aromatic N) is 3. The molecule has 7 nitrogen and oxygen atoms in total. The van der Waals surface area contributed by atoms with E-state index < -0.39 is 0 Å². The van der Waals surface area contributed by atoms with Crippen LogP contribution in [0.1, 0.15) is 43.6 Å². The highest BCUT2D eigenvalue weighted by atomic mass is 35.5. The van der Waals surface area contributed by atoms with E-state index in [4.69, 9.17) is 20.8 Å². The number of ether oxygens (including phenoxy) is 1. The summed E-state index contributed by atoms with van der Waals surface area (Å²) in [4.78, 5) is 27.2. The minimum absolute atomic E-state index is 0.0801. The molecule has 0 bridgehead atoms. The van der Waals surface area contributed by atoms with Crippen LogP contribution < -0.4 is 0 Å². The molecule has 1 amide bonds. The fourth-order valence-corrected chi connectivity index (χ4v) is 4.24. The number of likely N-dealkylation sites (tertiary alicyclic amines) is 1. The lowest BCUT2D eigenvalue weighted by atomic mass is 9.97. The van der Waals surface area contributed by atoms with Gasteiger partial charge in [-0.2, -0.15) is 5.10 Å². The molecule has 0 spiro atoms. The predicted molar refractivity (Wildman–Crippen MR) is 117 cm³/mol. The Morgan fingerprint density at radius 1 is 1.19 bits per heavy atom. The summed E-state index contributed by atoms with van der Waals surface area (Å²) in [5, 5.41) is 6.85. The molecule has 0 saturated carbocycles. The topological polar surface area (TPSA) is 75.3 Å². The van der Waals surface area contributed by atoms with E-state index in [0.717, 1.165) is 11.3 Å². The van der Waals surface area contributed by atoms with E-state index in [9.17, 15) is 9.59 Å². The number of esters is 1. The van der Waals surface area contributed by atoms with Crippen LogP contribution in [0.3, 0.4) is 0 Å². The second-order valence-corrected chi connectivity index (χ2v) is 8.27. The Labute approximate surface area is 186 Å². The number of furan rings is 1. The van der Waals surface area contributed by atoms with E-state index in [2.05, 4.69) is 10.0 Å². The maximum Gasteiger partial charge on any atom is 0.309 e. The molecule has 1 fully saturated rings. The Kier molecular flexibility index (Phi) is 6.73. The monoisotopic (exact) mass is 443 g/mol. The van der Waals surface area contributed by atoms with Crippen LogP contribution in [0.2, 0.25) is 5.02 Å². The number of benzene rings is 1. The number of amides is 1. The van der Waals surface area contributed by atoms with Gasteiger partial charge < -0.3 is 9.15 Å². The van der Waals surface area contributed by atoms with E-state index >= 15 is 0 Å². The van der Waals surface area contributed by atoms with Crippen LogP contribution in [0.15, 0.2) is 52.2 Å². The maximum atomic E-state index is 13.2. The van der Waals surface area contributed by atoms with Crippen molar-refractivity contribution in [3.63, 3.8) is 0 Å². The summed E-state index contributed by atoms with van der Waals surface area (Å²) in [5.74, 6) is 0.411. The van der Waals surface area contributed by atoms with Crippen LogP contribution in [0, 0.1) is 5.92 Å². The Morgan fingerprint density at radius 2 is 1.94 bits per heavy atom. The van der Waals surface area contributed by atoms with Crippen molar-refractivity contribution in [3.05, 3.63) is 59.0 Å².